The Morgan fingerprint density at radius 2 is 1.88 bits per heavy atom. The van der Waals surface area contributed by atoms with Gasteiger partial charge in [-0.05, 0) is 46.1 Å². The van der Waals surface area contributed by atoms with Crippen molar-refractivity contribution in [2.75, 3.05) is 0 Å². The highest BCUT2D eigenvalue weighted by molar-refractivity contribution is 5.15. The molecule has 0 radical (unpaired) electrons. The van der Waals surface area contributed by atoms with Gasteiger partial charge >= 0.3 is 0 Å². The Hall–Kier alpha value is -0.830. The Morgan fingerprint density at radius 1 is 1.31 bits per heavy atom. The highest BCUT2D eigenvalue weighted by Gasteiger charge is 2.20. The minimum absolute atomic E-state index is 0.00881. The first-order chi connectivity index (χ1) is 7.21. The van der Waals surface area contributed by atoms with Crippen LogP contribution in [0.2, 0.25) is 0 Å². The minimum atomic E-state index is 0.00881. The molecule has 1 rings (SSSR count). The van der Waals surface area contributed by atoms with Gasteiger partial charge in [0.1, 0.15) is 0 Å². The molecule has 0 saturated carbocycles. The van der Waals surface area contributed by atoms with Gasteiger partial charge in [-0.1, -0.05) is 13.8 Å². The molecule has 0 spiro atoms. The fourth-order valence-corrected chi connectivity index (χ4v) is 1.81. The Morgan fingerprint density at radius 3 is 2.25 bits per heavy atom. The predicted molar refractivity (Wildman–Crippen MR) is 68.4 cm³/mol. The number of aromatic nitrogens is 2. The molecule has 16 heavy (non-hydrogen) atoms. The van der Waals surface area contributed by atoms with Gasteiger partial charge in [-0.3, -0.25) is 4.68 Å². The van der Waals surface area contributed by atoms with Crippen LogP contribution >= 0.6 is 0 Å². The molecule has 92 valence electrons. The zero-order valence-electron chi connectivity index (χ0n) is 11.4. The number of nitrogens with two attached hydrogens (primary N) is 1. The highest BCUT2D eigenvalue weighted by Crippen LogP contribution is 2.21. The van der Waals surface area contributed by atoms with Crippen LogP contribution in [0.1, 0.15) is 59.0 Å². The van der Waals surface area contributed by atoms with Crippen molar-refractivity contribution < 1.29 is 0 Å². The molecule has 0 fully saturated rings. The summed E-state index contributed by atoms with van der Waals surface area (Å²) in [7, 11) is 0. The summed E-state index contributed by atoms with van der Waals surface area (Å²) < 4.78 is 2.12. The van der Waals surface area contributed by atoms with Crippen molar-refractivity contribution in [2.45, 2.75) is 59.5 Å². The normalized spacial score (nSPS) is 14.5. The highest BCUT2D eigenvalue weighted by atomic mass is 15.3. The zero-order valence-corrected chi connectivity index (χ0v) is 11.4. The Bertz CT molecular complexity index is 343. The molecule has 1 aromatic heterocycles. The molecule has 0 aliphatic carbocycles. The molecule has 0 aliphatic rings. The fraction of sp³-hybridized carbons (Fsp3) is 0.769. The van der Waals surface area contributed by atoms with Gasteiger partial charge in [-0.15, -0.1) is 0 Å². The second-order valence-corrected chi connectivity index (χ2v) is 6.03. The fourth-order valence-electron chi connectivity index (χ4n) is 1.81. The summed E-state index contributed by atoms with van der Waals surface area (Å²) in [6.45, 7) is 13.0. The molecule has 1 aromatic rings. The molecule has 1 unspecified atom stereocenters. The summed E-state index contributed by atoms with van der Waals surface area (Å²) in [5.41, 5.74) is 8.20. The Balaban J connectivity index is 3.13. The second-order valence-electron chi connectivity index (χ2n) is 6.03. The van der Waals surface area contributed by atoms with Crippen molar-refractivity contribution in [3.63, 3.8) is 0 Å². The van der Waals surface area contributed by atoms with Crippen LogP contribution in [0.3, 0.4) is 0 Å². The summed E-state index contributed by atoms with van der Waals surface area (Å²) in [5.74, 6) is 0.638. The molecule has 0 saturated heterocycles. The van der Waals surface area contributed by atoms with Crippen LogP contribution in [-0.2, 0) is 12.0 Å². The summed E-state index contributed by atoms with van der Waals surface area (Å²) in [5, 5.41) is 4.63. The average Bonchev–Trinajstić information content (AvgIpc) is 2.45. The maximum absolute atomic E-state index is 5.89. The largest absolute Gasteiger partial charge is 0.323 e. The molecular weight excluding hydrogens is 198 g/mol. The van der Waals surface area contributed by atoms with E-state index in [-0.39, 0.29) is 11.6 Å². The molecule has 2 N–H and O–H groups in total. The van der Waals surface area contributed by atoms with Crippen LogP contribution in [0, 0.1) is 5.92 Å². The van der Waals surface area contributed by atoms with Gasteiger partial charge in [0.2, 0.25) is 0 Å². The molecule has 0 aromatic carbocycles. The average molecular weight is 223 g/mol. The topological polar surface area (TPSA) is 43.8 Å². The van der Waals surface area contributed by atoms with E-state index in [9.17, 15) is 0 Å². The lowest BCUT2D eigenvalue weighted by molar-refractivity contribution is 0.335. The monoisotopic (exact) mass is 223 g/mol. The summed E-state index contributed by atoms with van der Waals surface area (Å²) in [4.78, 5) is 0. The molecule has 1 atom stereocenters. The minimum Gasteiger partial charge on any atom is -0.323 e. The van der Waals surface area contributed by atoms with Crippen molar-refractivity contribution >= 4 is 0 Å². The maximum atomic E-state index is 5.89. The summed E-state index contributed by atoms with van der Waals surface area (Å²) in [6, 6.07) is 2.16. The molecule has 1 heterocycles. The lowest BCUT2D eigenvalue weighted by atomic mass is 10.0. The zero-order chi connectivity index (χ0) is 12.5. The first kappa shape index (κ1) is 13.2. The van der Waals surface area contributed by atoms with Gasteiger partial charge in [0.25, 0.3) is 0 Å². The van der Waals surface area contributed by atoms with Gasteiger partial charge in [0.05, 0.1) is 11.2 Å². The SMILES string of the molecule is CC(C)Cc1cc(C(C)N)nn1C(C)(C)C. The third-order valence-corrected chi connectivity index (χ3v) is 2.52. The van der Waals surface area contributed by atoms with Crippen molar-refractivity contribution in [1.82, 2.24) is 9.78 Å². The lowest BCUT2D eigenvalue weighted by Crippen LogP contribution is -2.26. The molecule has 0 amide bonds. The van der Waals surface area contributed by atoms with Gasteiger partial charge in [0, 0.05) is 11.7 Å². The van der Waals surface area contributed by atoms with Gasteiger partial charge in [-0.25, -0.2) is 0 Å². The first-order valence-corrected chi connectivity index (χ1v) is 6.06. The van der Waals surface area contributed by atoms with E-state index in [1.165, 1.54) is 5.69 Å². The molecule has 3 heteroatoms. The number of nitrogens with zero attached hydrogens (tertiary/aromatic N) is 2. The molecule has 3 nitrogen and oxygen atoms in total. The van der Waals surface area contributed by atoms with E-state index >= 15 is 0 Å². The summed E-state index contributed by atoms with van der Waals surface area (Å²) >= 11 is 0. The standard InChI is InChI=1S/C13H25N3/c1-9(2)7-11-8-12(10(3)14)15-16(11)13(4,5)6/h8-10H,7,14H2,1-6H3. The van der Waals surface area contributed by atoms with E-state index in [4.69, 9.17) is 5.73 Å². The van der Waals surface area contributed by atoms with Crippen LogP contribution in [-0.4, -0.2) is 9.78 Å². The quantitative estimate of drug-likeness (QED) is 0.856. The number of hydrogen-bond acceptors (Lipinski definition) is 2. The van der Waals surface area contributed by atoms with Crippen LogP contribution in [0.15, 0.2) is 6.07 Å². The smallest absolute Gasteiger partial charge is 0.0792 e. The van der Waals surface area contributed by atoms with E-state index < -0.39 is 0 Å². The van der Waals surface area contributed by atoms with E-state index in [2.05, 4.69) is 50.5 Å². The Labute approximate surface area is 99.0 Å². The third kappa shape index (κ3) is 3.08. The number of hydrogen-bond donors (Lipinski definition) is 1. The molecule has 0 bridgehead atoms. The first-order valence-electron chi connectivity index (χ1n) is 6.06. The van der Waals surface area contributed by atoms with E-state index in [0.717, 1.165) is 12.1 Å². The van der Waals surface area contributed by atoms with Crippen LogP contribution in [0.25, 0.3) is 0 Å². The third-order valence-electron chi connectivity index (χ3n) is 2.52. The summed E-state index contributed by atoms with van der Waals surface area (Å²) in [6.07, 6.45) is 1.05. The van der Waals surface area contributed by atoms with Crippen LogP contribution in [0.4, 0.5) is 0 Å². The Kier molecular flexibility index (Phi) is 3.79. The number of rotatable bonds is 3. The van der Waals surface area contributed by atoms with Crippen LogP contribution in [0.5, 0.6) is 0 Å². The molecule has 0 aliphatic heterocycles. The maximum Gasteiger partial charge on any atom is 0.0792 e. The van der Waals surface area contributed by atoms with Crippen molar-refractivity contribution in [3.8, 4) is 0 Å². The van der Waals surface area contributed by atoms with Crippen molar-refractivity contribution in [3.05, 3.63) is 17.5 Å². The van der Waals surface area contributed by atoms with Crippen LogP contribution < -0.4 is 5.73 Å². The predicted octanol–water partition coefficient (Wildman–Crippen LogP) is 2.86. The van der Waals surface area contributed by atoms with E-state index in [1.807, 2.05) is 6.92 Å². The van der Waals surface area contributed by atoms with E-state index in [1.54, 1.807) is 0 Å². The van der Waals surface area contributed by atoms with Crippen molar-refractivity contribution in [2.24, 2.45) is 11.7 Å². The van der Waals surface area contributed by atoms with Gasteiger partial charge in [-0.2, -0.15) is 5.10 Å². The van der Waals surface area contributed by atoms with E-state index in [0.29, 0.717) is 5.92 Å². The second kappa shape index (κ2) is 4.58. The van der Waals surface area contributed by atoms with Crippen molar-refractivity contribution in [1.29, 1.82) is 0 Å². The van der Waals surface area contributed by atoms with Gasteiger partial charge < -0.3 is 5.73 Å². The lowest BCUT2D eigenvalue weighted by Gasteiger charge is -2.23. The van der Waals surface area contributed by atoms with Gasteiger partial charge in [0.15, 0.2) is 0 Å². The molecular formula is C13H25N3.